The van der Waals surface area contributed by atoms with Crippen LogP contribution in [0.2, 0.25) is 0 Å². The number of hydrogen-bond donors (Lipinski definition) is 0. The molecule has 0 saturated heterocycles. The fourth-order valence-corrected chi connectivity index (χ4v) is 1.07. The van der Waals surface area contributed by atoms with E-state index in [9.17, 15) is 4.79 Å². The highest BCUT2D eigenvalue weighted by atomic mass is 16.5. The summed E-state index contributed by atoms with van der Waals surface area (Å²) in [6.07, 6.45) is 2.65. The van der Waals surface area contributed by atoms with Crippen molar-refractivity contribution in [2.75, 3.05) is 0 Å². The van der Waals surface area contributed by atoms with E-state index in [1.807, 2.05) is 20.8 Å². The second-order valence-corrected chi connectivity index (χ2v) is 3.69. The molecule has 0 aromatic rings. The minimum absolute atomic E-state index is 0.0639. The topological polar surface area (TPSA) is 26.3 Å². The first-order valence-electron chi connectivity index (χ1n) is 4.75. The lowest BCUT2D eigenvalue weighted by Crippen LogP contribution is -2.15. The van der Waals surface area contributed by atoms with Gasteiger partial charge in [0, 0.05) is 6.42 Å². The highest BCUT2D eigenvalue weighted by molar-refractivity contribution is 5.69. The molecule has 0 aliphatic carbocycles. The molecular formula is C10H20O2. The van der Waals surface area contributed by atoms with Gasteiger partial charge < -0.3 is 4.74 Å². The van der Waals surface area contributed by atoms with E-state index in [2.05, 4.69) is 6.92 Å². The van der Waals surface area contributed by atoms with Crippen LogP contribution in [0.4, 0.5) is 0 Å². The largest absolute Gasteiger partial charge is 0.463 e. The van der Waals surface area contributed by atoms with Gasteiger partial charge in [0.15, 0.2) is 0 Å². The summed E-state index contributed by atoms with van der Waals surface area (Å²) < 4.78 is 5.16. The second kappa shape index (κ2) is 6.04. The van der Waals surface area contributed by atoms with Crippen molar-refractivity contribution < 1.29 is 9.53 Å². The molecule has 0 unspecified atom stereocenters. The molecular weight excluding hydrogens is 152 g/mol. The number of rotatable bonds is 5. The molecule has 72 valence electrons. The lowest BCUT2D eigenvalue weighted by atomic mass is 10.1. The maximum Gasteiger partial charge on any atom is 0.306 e. The lowest BCUT2D eigenvalue weighted by Gasteiger charge is -2.12. The molecule has 0 fully saturated rings. The molecule has 0 aromatic carbocycles. The summed E-state index contributed by atoms with van der Waals surface area (Å²) in [4.78, 5) is 11.1. The van der Waals surface area contributed by atoms with Crippen molar-refractivity contribution in [3.63, 3.8) is 0 Å². The molecule has 2 heteroatoms. The van der Waals surface area contributed by atoms with Gasteiger partial charge in [0.25, 0.3) is 0 Å². The van der Waals surface area contributed by atoms with Crippen LogP contribution in [0.25, 0.3) is 0 Å². The van der Waals surface area contributed by atoms with Crippen molar-refractivity contribution >= 4 is 5.97 Å². The van der Waals surface area contributed by atoms with Gasteiger partial charge in [0.1, 0.15) is 0 Å². The maximum atomic E-state index is 11.1. The van der Waals surface area contributed by atoms with E-state index in [1.54, 1.807) is 0 Å². The molecule has 0 aromatic heterocycles. The quantitative estimate of drug-likeness (QED) is 0.596. The summed E-state index contributed by atoms with van der Waals surface area (Å²) in [6.45, 7) is 8.08. The van der Waals surface area contributed by atoms with Gasteiger partial charge in [-0.3, -0.25) is 4.79 Å². The van der Waals surface area contributed by atoms with Crippen molar-refractivity contribution in [3.8, 4) is 0 Å². The van der Waals surface area contributed by atoms with Gasteiger partial charge in [-0.1, -0.05) is 27.2 Å². The first-order valence-corrected chi connectivity index (χ1v) is 4.75. The Bertz CT molecular complexity index is 130. The van der Waals surface area contributed by atoms with Gasteiger partial charge in [-0.05, 0) is 19.3 Å². The second-order valence-electron chi connectivity index (χ2n) is 3.69. The minimum Gasteiger partial charge on any atom is -0.463 e. The third-order valence-electron chi connectivity index (χ3n) is 1.60. The third-order valence-corrected chi connectivity index (χ3v) is 1.60. The summed E-state index contributed by atoms with van der Waals surface area (Å²) in [7, 11) is 0. The molecule has 2 nitrogen and oxygen atoms in total. The summed E-state index contributed by atoms with van der Waals surface area (Å²) in [6, 6.07) is 0. The molecule has 0 bridgehead atoms. The Labute approximate surface area is 75.3 Å². The zero-order chi connectivity index (χ0) is 9.56. The monoisotopic (exact) mass is 172 g/mol. The van der Waals surface area contributed by atoms with E-state index < -0.39 is 0 Å². The van der Waals surface area contributed by atoms with Gasteiger partial charge in [0.05, 0.1) is 6.10 Å². The fraction of sp³-hybridized carbons (Fsp3) is 0.900. The van der Waals surface area contributed by atoms with Crippen LogP contribution in [-0.4, -0.2) is 12.1 Å². The molecule has 0 N–H and O–H groups in total. The minimum atomic E-state index is -0.0639. The maximum absolute atomic E-state index is 11.1. The lowest BCUT2D eigenvalue weighted by molar-refractivity contribution is -0.149. The average Bonchev–Trinajstić information content (AvgIpc) is 1.84. The van der Waals surface area contributed by atoms with E-state index in [1.165, 1.54) is 0 Å². The summed E-state index contributed by atoms with van der Waals surface area (Å²) in [5.41, 5.74) is 0. The van der Waals surface area contributed by atoms with Gasteiger partial charge >= 0.3 is 5.97 Å². The Kier molecular flexibility index (Phi) is 5.77. The predicted octanol–water partition coefficient (Wildman–Crippen LogP) is 2.76. The van der Waals surface area contributed by atoms with Crippen LogP contribution < -0.4 is 0 Å². The van der Waals surface area contributed by atoms with Crippen molar-refractivity contribution in [1.82, 2.24) is 0 Å². The Morgan fingerprint density at radius 2 is 1.92 bits per heavy atom. The van der Waals surface area contributed by atoms with Crippen LogP contribution in [0, 0.1) is 5.92 Å². The van der Waals surface area contributed by atoms with E-state index in [0.717, 1.165) is 12.8 Å². The molecule has 0 amide bonds. The van der Waals surface area contributed by atoms with Crippen LogP contribution in [0.5, 0.6) is 0 Å². The van der Waals surface area contributed by atoms with Crippen molar-refractivity contribution in [1.29, 1.82) is 0 Å². The third kappa shape index (κ3) is 6.20. The molecule has 0 rings (SSSR count). The van der Waals surface area contributed by atoms with Crippen LogP contribution in [0.15, 0.2) is 0 Å². The highest BCUT2D eigenvalue weighted by Crippen LogP contribution is 2.06. The van der Waals surface area contributed by atoms with Crippen LogP contribution >= 0.6 is 0 Å². The van der Waals surface area contributed by atoms with E-state index in [0.29, 0.717) is 12.3 Å². The Morgan fingerprint density at radius 3 is 2.33 bits per heavy atom. The van der Waals surface area contributed by atoms with Crippen LogP contribution in [0.3, 0.4) is 0 Å². The van der Waals surface area contributed by atoms with Crippen LogP contribution in [-0.2, 0) is 9.53 Å². The average molecular weight is 172 g/mol. The number of carbonyl (C=O) groups is 1. The highest BCUT2D eigenvalue weighted by Gasteiger charge is 2.09. The molecule has 12 heavy (non-hydrogen) atoms. The van der Waals surface area contributed by atoms with Crippen molar-refractivity contribution in [2.24, 2.45) is 5.92 Å². The summed E-state index contributed by atoms with van der Waals surface area (Å²) in [5, 5.41) is 0. The van der Waals surface area contributed by atoms with Gasteiger partial charge in [-0.25, -0.2) is 0 Å². The van der Waals surface area contributed by atoms with E-state index in [-0.39, 0.29) is 12.1 Å². The molecule has 0 heterocycles. The number of ether oxygens (including phenoxy) is 1. The normalized spacial score (nSPS) is 13.1. The van der Waals surface area contributed by atoms with E-state index >= 15 is 0 Å². The van der Waals surface area contributed by atoms with Crippen LogP contribution in [0.1, 0.15) is 47.0 Å². The summed E-state index contributed by atoms with van der Waals surface area (Å²) in [5.74, 6) is 0.331. The van der Waals surface area contributed by atoms with E-state index in [4.69, 9.17) is 4.74 Å². The Hall–Kier alpha value is -0.530. The zero-order valence-corrected chi connectivity index (χ0v) is 8.59. The van der Waals surface area contributed by atoms with Crippen molar-refractivity contribution in [2.45, 2.75) is 53.1 Å². The molecule has 0 saturated carbocycles. The molecule has 0 aliphatic rings. The standard InChI is InChI=1S/C10H20O2/c1-5-6-9(4)12-10(11)7-8(2)3/h8-9H,5-7H2,1-4H3/t9-/m1/s1. The molecule has 1 atom stereocenters. The smallest absolute Gasteiger partial charge is 0.306 e. The first kappa shape index (κ1) is 11.5. The Morgan fingerprint density at radius 1 is 1.33 bits per heavy atom. The fourth-order valence-electron chi connectivity index (χ4n) is 1.07. The number of esters is 1. The zero-order valence-electron chi connectivity index (χ0n) is 8.59. The molecule has 0 spiro atoms. The number of carbonyl (C=O) groups excluding carboxylic acids is 1. The predicted molar refractivity (Wildman–Crippen MR) is 49.9 cm³/mol. The molecule has 0 radical (unpaired) electrons. The SMILES string of the molecule is CCC[C@@H](C)OC(=O)CC(C)C. The van der Waals surface area contributed by atoms with Gasteiger partial charge in [-0.15, -0.1) is 0 Å². The van der Waals surface area contributed by atoms with Crippen molar-refractivity contribution in [3.05, 3.63) is 0 Å². The number of hydrogen-bond acceptors (Lipinski definition) is 2. The Balaban J connectivity index is 3.54. The first-order chi connectivity index (χ1) is 5.56. The van der Waals surface area contributed by atoms with Gasteiger partial charge in [-0.2, -0.15) is 0 Å². The summed E-state index contributed by atoms with van der Waals surface area (Å²) >= 11 is 0. The van der Waals surface area contributed by atoms with Gasteiger partial charge in [0.2, 0.25) is 0 Å². The molecule has 0 aliphatic heterocycles.